The average Bonchev–Trinajstić information content (AvgIpc) is 2.38. The highest BCUT2D eigenvalue weighted by atomic mass is 16.5. The number of benzene rings is 1. The Labute approximate surface area is 114 Å². The third-order valence-electron chi connectivity index (χ3n) is 3.16. The number of rotatable bonds is 7. The van der Waals surface area contributed by atoms with Crippen molar-refractivity contribution >= 4 is 5.97 Å². The number of carbonyl (C=O) groups excluding carboxylic acids is 1. The number of esters is 1. The molecule has 0 aliphatic heterocycles. The molecule has 1 aromatic rings. The van der Waals surface area contributed by atoms with Gasteiger partial charge in [-0.05, 0) is 25.5 Å². The van der Waals surface area contributed by atoms with Gasteiger partial charge in [-0.25, -0.2) is 4.79 Å². The summed E-state index contributed by atoms with van der Waals surface area (Å²) in [5.74, 6) is -0.704. The molecule has 2 atom stereocenters. The molecule has 0 fully saturated rings. The number of phenols is 1. The van der Waals surface area contributed by atoms with Crippen molar-refractivity contribution in [2.75, 3.05) is 6.61 Å². The fourth-order valence-corrected chi connectivity index (χ4v) is 1.84. The molecule has 0 saturated carbocycles. The van der Waals surface area contributed by atoms with Crippen LogP contribution in [0.25, 0.3) is 0 Å². The Kier molecular flexibility index (Phi) is 6.36. The number of unbranched alkanes of at least 4 members (excludes halogenated alkanes) is 1. The van der Waals surface area contributed by atoms with E-state index < -0.39 is 12.1 Å². The van der Waals surface area contributed by atoms with Gasteiger partial charge in [0, 0.05) is 5.92 Å². The minimum Gasteiger partial charge on any atom is -0.507 e. The van der Waals surface area contributed by atoms with Gasteiger partial charge in [0.25, 0.3) is 0 Å². The zero-order valence-electron chi connectivity index (χ0n) is 11.5. The van der Waals surface area contributed by atoms with Crippen LogP contribution < -0.4 is 0 Å². The second-order valence-electron chi connectivity index (χ2n) is 4.76. The summed E-state index contributed by atoms with van der Waals surface area (Å²) in [6, 6.07) is 6.27. The van der Waals surface area contributed by atoms with Crippen LogP contribution in [-0.4, -0.2) is 28.9 Å². The van der Waals surface area contributed by atoms with E-state index in [4.69, 9.17) is 4.74 Å². The van der Waals surface area contributed by atoms with E-state index in [1.807, 2.05) is 0 Å². The van der Waals surface area contributed by atoms with Gasteiger partial charge in [0.05, 0.1) is 12.7 Å². The lowest BCUT2D eigenvalue weighted by Crippen LogP contribution is -2.24. The minimum atomic E-state index is -0.555. The van der Waals surface area contributed by atoms with Crippen molar-refractivity contribution in [3.63, 3.8) is 0 Å². The second-order valence-corrected chi connectivity index (χ2v) is 4.76. The van der Waals surface area contributed by atoms with Crippen LogP contribution in [0, 0.1) is 5.92 Å². The molecule has 0 heterocycles. The summed E-state index contributed by atoms with van der Waals surface area (Å²) < 4.78 is 5.17. The molecule has 4 heteroatoms. The number of phenolic OH excluding ortho intramolecular Hbond substituents is 1. The smallest absolute Gasteiger partial charge is 0.341 e. The Hall–Kier alpha value is -1.55. The Morgan fingerprint density at radius 1 is 1.37 bits per heavy atom. The maximum Gasteiger partial charge on any atom is 0.341 e. The van der Waals surface area contributed by atoms with Gasteiger partial charge in [-0.1, -0.05) is 31.9 Å². The predicted molar refractivity (Wildman–Crippen MR) is 73.1 cm³/mol. The minimum absolute atomic E-state index is 0.0604. The number of aliphatic hydroxyl groups excluding tert-OH is 1. The van der Waals surface area contributed by atoms with E-state index in [1.54, 1.807) is 19.1 Å². The zero-order valence-corrected chi connectivity index (χ0v) is 11.5. The summed E-state index contributed by atoms with van der Waals surface area (Å²) in [6.07, 6.45) is 2.34. The molecule has 4 nitrogen and oxygen atoms in total. The van der Waals surface area contributed by atoms with Crippen molar-refractivity contribution in [1.82, 2.24) is 0 Å². The number of aromatic hydroxyl groups is 1. The van der Waals surface area contributed by atoms with Gasteiger partial charge in [-0.3, -0.25) is 0 Å². The molecule has 19 heavy (non-hydrogen) atoms. The van der Waals surface area contributed by atoms with E-state index in [0.29, 0.717) is 0 Å². The van der Waals surface area contributed by atoms with Crippen LogP contribution in [-0.2, 0) is 4.74 Å². The van der Waals surface area contributed by atoms with E-state index in [9.17, 15) is 15.0 Å². The summed E-state index contributed by atoms with van der Waals surface area (Å²) in [7, 11) is 0. The molecule has 0 saturated heterocycles. The van der Waals surface area contributed by atoms with Gasteiger partial charge in [0.1, 0.15) is 11.3 Å². The topological polar surface area (TPSA) is 66.8 Å². The molecular formula is C15H22O4. The van der Waals surface area contributed by atoms with Gasteiger partial charge < -0.3 is 14.9 Å². The van der Waals surface area contributed by atoms with Crippen molar-refractivity contribution in [2.45, 2.75) is 39.2 Å². The van der Waals surface area contributed by atoms with Crippen LogP contribution in [0.2, 0.25) is 0 Å². The number of para-hydroxylation sites is 1. The van der Waals surface area contributed by atoms with Crippen LogP contribution in [0.3, 0.4) is 0 Å². The largest absolute Gasteiger partial charge is 0.507 e. The zero-order chi connectivity index (χ0) is 14.3. The molecule has 106 valence electrons. The van der Waals surface area contributed by atoms with Crippen LogP contribution in [0.1, 0.15) is 43.5 Å². The highest BCUT2D eigenvalue weighted by molar-refractivity contribution is 5.92. The van der Waals surface area contributed by atoms with Crippen molar-refractivity contribution < 1.29 is 19.7 Å². The van der Waals surface area contributed by atoms with E-state index in [0.717, 1.165) is 19.3 Å². The van der Waals surface area contributed by atoms with Crippen LogP contribution in [0.5, 0.6) is 5.75 Å². The molecule has 0 bridgehead atoms. The number of carbonyl (C=O) groups is 1. The van der Waals surface area contributed by atoms with E-state index in [1.165, 1.54) is 12.1 Å². The Bertz CT molecular complexity index is 401. The maximum absolute atomic E-state index is 11.8. The van der Waals surface area contributed by atoms with Gasteiger partial charge in [0.15, 0.2) is 0 Å². The molecule has 2 N–H and O–H groups in total. The summed E-state index contributed by atoms with van der Waals surface area (Å²) >= 11 is 0. The first-order valence-corrected chi connectivity index (χ1v) is 6.69. The summed E-state index contributed by atoms with van der Waals surface area (Å²) in [6.45, 7) is 3.95. The normalized spacial score (nSPS) is 13.8. The first-order valence-electron chi connectivity index (χ1n) is 6.69. The van der Waals surface area contributed by atoms with Crippen molar-refractivity contribution in [3.05, 3.63) is 29.8 Å². The summed E-state index contributed by atoms with van der Waals surface area (Å²) in [5, 5.41) is 19.2. The molecule has 0 amide bonds. The van der Waals surface area contributed by atoms with Gasteiger partial charge in [-0.2, -0.15) is 0 Å². The average molecular weight is 266 g/mol. The van der Waals surface area contributed by atoms with Crippen molar-refractivity contribution in [1.29, 1.82) is 0 Å². The third kappa shape index (κ3) is 4.91. The van der Waals surface area contributed by atoms with Crippen molar-refractivity contribution in [2.24, 2.45) is 5.92 Å². The fraction of sp³-hybridized carbons (Fsp3) is 0.533. The van der Waals surface area contributed by atoms with E-state index >= 15 is 0 Å². The first kappa shape index (κ1) is 15.5. The molecule has 2 unspecified atom stereocenters. The lowest BCUT2D eigenvalue weighted by Gasteiger charge is -2.19. The number of ether oxygens (including phenoxy) is 1. The summed E-state index contributed by atoms with van der Waals surface area (Å²) in [4.78, 5) is 11.8. The third-order valence-corrected chi connectivity index (χ3v) is 3.16. The van der Waals surface area contributed by atoms with Crippen molar-refractivity contribution in [3.8, 4) is 5.75 Å². The fourth-order valence-electron chi connectivity index (χ4n) is 1.84. The highest BCUT2D eigenvalue weighted by Gasteiger charge is 2.18. The number of hydrogen-bond donors (Lipinski definition) is 2. The molecule has 0 aromatic heterocycles. The van der Waals surface area contributed by atoms with Crippen LogP contribution >= 0.6 is 0 Å². The van der Waals surface area contributed by atoms with Crippen LogP contribution in [0.15, 0.2) is 24.3 Å². The van der Waals surface area contributed by atoms with Gasteiger partial charge in [0.2, 0.25) is 0 Å². The molecule has 0 aliphatic rings. The lowest BCUT2D eigenvalue weighted by atomic mass is 9.98. The van der Waals surface area contributed by atoms with Crippen LogP contribution in [0.4, 0.5) is 0 Å². The lowest BCUT2D eigenvalue weighted by molar-refractivity contribution is 0.0242. The Balaban J connectivity index is 2.54. The van der Waals surface area contributed by atoms with Gasteiger partial charge >= 0.3 is 5.97 Å². The predicted octanol–water partition coefficient (Wildman–Crippen LogP) is 2.74. The van der Waals surface area contributed by atoms with Gasteiger partial charge in [-0.15, -0.1) is 0 Å². The maximum atomic E-state index is 11.8. The quantitative estimate of drug-likeness (QED) is 0.745. The molecule has 0 radical (unpaired) electrons. The molecule has 1 aromatic carbocycles. The number of hydrogen-bond acceptors (Lipinski definition) is 4. The van der Waals surface area contributed by atoms with E-state index in [2.05, 4.69) is 6.92 Å². The molecule has 0 spiro atoms. The second kappa shape index (κ2) is 7.79. The first-order chi connectivity index (χ1) is 9.06. The SMILES string of the molecule is CCCCC(COC(=O)c1ccccc1O)C(C)O. The highest BCUT2D eigenvalue weighted by Crippen LogP contribution is 2.19. The monoisotopic (exact) mass is 266 g/mol. The molecule has 0 aliphatic carbocycles. The Morgan fingerprint density at radius 3 is 2.63 bits per heavy atom. The molecule has 1 rings (SSSR count). The standard InChI is InChI=1S/C15H22O4/c1-3-4-7-12(11(2)16)10-19-15(18)13-8-5-6-9-14(13)17/h5-6,8-9,11-12,16-17H,3-4,7,10H2,1-2H3. The van der Waals surface area contributed by atoms with E-state index in [-0.39, 0.29) is 23.8 Å². The number of aliphatic hydroxyl groups is 1. The summed E-state index contributed by atoms with van der Waals surface area (Å²) in [5.41, 5.74) is 0.155. The molecular weight excluding hydrogens is 244 g/mol. The Morgan fingerprint density at radius 2 is 2.05 bits per heavy atom.